The number of nitrogens with zero attached hydrogens (tertiary/aromatic N) is 5. The van der Waals surface area contributed by atoms with Crippen LogP contribution in [0.4, 0.5) is 23.7 Å². The minimum Gasteiger partial charge on any atom is -0.415 e. The lowest BCUT2D eigenvalue weighted by molar-refractivity contribution is 0.116. The molecule has 0 atom stereocenters. The van der Waals surface area contributed by atoms with E-state index >= 15 is 4.39 Å². The van der Waals surface area contributed by atoms with Gasteiger partial charge in [-0.15, -0.1) is 10.2 Å². The molecule has 1 aromatic heterocycles. The normalized spacial score (nSPS) is 15.0. The van der Waals surface area contributed by atoms with Crippen molar-refractivity contribution >= 4 is 11.7 Å². The topological polar surface area (TPSA) is 65.7 Å². The van der Waals surface area contributed by atoms with Crippen LogP contribution in [0.1, 0.15) is 24.3 Å². The Balaban J connectivity index is 1.58. The second kappa shape index (κ2) is 10.0. The highest BCUT2D eigenvalue weighted by Crippen LogP contribution is 2.26. The van der Waals surface area contributed by atoms with E-state index in [-0.39, 0.29) is 29.6 Å². The first-order valence-corrected chi connectivity index (χ1v) is 10.6. The van der Waals surface area contributed by atoms with E-state index in [9.17, 15) is 13.6 Å². The van der Waals surface area contributed by atoms with Crippen LogP contribution in [0.15, 0.2) is 52.9 Å². The van der Waals surface area contributed by atoms with Crippen LogP contribution < -0.4 is 4.90 Å². The maximum Gasteiger partial charge on any atom is 0.324 e. The molecule has 1 aliphatic rings. The summed E-state index contributed by atoms with van der Waals surface area (Å²) in [4.78, 5) is 18.9. The van der Waals surface area contributed by atoms with Gasteiger partial charge in [0.1, 0.15) is 5.82 Å². The van der Waals surface area contributed by atoms with Crippen molar-refractivity contribution in [2.75, 3.05) is 38.1 Å². The predicted molar refractivity (Wildman–Crippen MR) is 116 cm³/mol. The number of hydrogen-bond donors (Lipinski definition) is 0. The van der Waals surface area contributed by atoms with Gasteiger partial charge in [-0.05, 0) is 44.3 Å². The van der Waals surface area contributed by atoms with Gasteiger partial charge in [0.2, 0.25) is 5.89 Å². The lowest BCUT2D eigenvalue weighted by Gasteiger charge is -2.30. The molecule has 0 radical (unpaired) electrons. The van der Waals surface area contributed by atoms with Crippen molar-refractivity contribution in [2.45, 2.75) is 19.4 Å². The molecule has 1 fully saturated rings. The van der Waals surface area contributed by atoms with Gasteiger partial charge in [0.05, 0.1) is 6.54 Å². The lowest BCUT2D eigenvalue weighted by Crippen LogP contribution is -2.44. The van der Waals surface area contributed by atoms with Crippen LogP contribution in [0.25, 0.3) is 11.5 Å². The monoisotopic (exact) mass is 459 g/mol. The zero-order valence-electron chi connectivity index (χ0n) is 18.1. The molecule has 0 unspecified atom stereocenters. The van der Waals surface area contributed by atoms with Gasteiger partial charge < -0.3 is 14.2 Å². The summed E-state index contributed by atoms with van der Waals surface area (Å²) in [6.07, 6.45) is -2.04. The summed E-state index contributed by atoms with van der Waals surface area (Å²) < 4.78 is 45.3. The van der Waals surface area contributed by atoms with E-state index in [1.807, 2.05) is 25.2 Å². The molecule has 0 spiro atoms. The van der Waals surface area contributed by atoms with Gasteiger partial charge in [0.15, 0.2) is 0 Å². The summed E-state index contributed by atoms with van der Waals surface area (Å²) in [5, 5.41) is 6.82. The van der Waals surface area contributed by atoms with Crippen LogP contribution in [0.5, 0.6) is 0 Å². The Morgan fingerprint density at radius 2 is 1.88 bits per heavy atom. The number of aromatic nitrogens is 2. The van der Waals surface area contributed by atoms with E-state index in [0.717, 1.165) is 25.6 Å². The highest BCUT2D eigenvalue weighted by Gasteiger charge is 2.25. The predicted octanol–water partition coefficient (Wildman–Crippen LogP) is 4.58. The minimum absolute atomic E-state index is 0.00736. The van der Waals surface area contributed by atoms with Crippen molar-refractivity contribution in [2.24, 2.45) is 0 Å². The van der Waals surface area contributed by atoms with E-state index in [4.69, 9.17) is 4.42 Å². The molecule has 3 aromatic rings. The smallest absolute Gasteiger partial charge is 0.324 e. The maximum atomic E-state index is 15.0. The maximum absolute atomic E-state index is 15.0. The Morgan fingerprint density at radius 3 is 2.58 bits per heavy atom. The lowest BCUT2D eigenvalue weighted by atomic mass is 10.1. The Kier molecular flexibility index (Phi) is 6.93. The standard InChI is InChI=1S/C23H24F3N5O2/c1-29-10-5-11-30(13-12-29)23(32)31(18-6-3-2-4-7-18)15-17-9-8-16(14-19(17)24)21-27-28-22(33-21)20(25)26/h2-4,6-9,14,20H,5,10-13,15H2,1H3. The van der Waals surface area contributed by atoms with Crippen LogP contribution in [-0.2, 0) is 6.54 Å². The van der Waals surface area contributed by atoms with Crippen molar-refractivity contribution in [1.29, 1.82) is 0 Å². The second-order valence-electron chi connectivity index (χ2n) is 7.90. The van der Waals surface area contributed by atoms with E-state index in [2.05, 4.69) is 15.1 Å². The number of anilines is 1. The van der Waals surface area contributed by atoms with Crippen molar-refractivity contribution < 1.29 is 22.4 Å². The Morgan fingerprint density at radius 1 is 1.09 bits per heavy atom. The summed E-state index contributed by atoms with van der Waals surface area (Å²) in [5.41, 5.74) is 1.11. The fourth-order valence-electron chi connectivity index (χ4n) is 3.70. The molecule has 2 heterocycles. The molecule has 0 bridgehead atoms. The van der Waals surface area contributed by atoms with Gasteiger partial charge in [0, 0.05) is 36.4 Å². The number of para-hydroxylation sites is 1. The van der Waals surface area contributed by atoms with Crippen LogP contribution in [-0.4, -0.2) is 59.3 Å². The number of rotatable bonds is 5. The van der Waals surface area contributed by atoms with Crippen LogP contribution in [0.3, 0.4) is 0 Å². The van der Waals surface area contributed by atoms with Crippen LogP contribution in [0.2, 0.25) is 0 Å². The fraction of sp³-hybridized carbons (Fsp3) is 0.348. The highest BCUT2D eigenvalue weighted by atomic mass is 19.3. The number of carbonyl (C=O) groups excluding carboxylic acids is 1. The second-order valence-corrected chi connectivity index (χ2v) is 7.90. The number of halogens is 3. The molecular formula is C23H24F3N5O2. The molecule has 7 nitrogen and oxygen atoms in total. The molecule has 4 rings (SSSR count). The van der Waals surface area contributed by atoms with Crippen molar-refractivity contribution in [3.05, 3.63) is 65.8 Å². The third kappa shape index (κ3) is 5.33. The van der Waals surface area contributed by atoms with Crippen molar-refractivity contribution in [3.63, 3.8) is 0 Å². The minimum atomic E-state index is -2.90. The third-order valence-corrected chi connectivity index (χ3v) is 5.54. The first-order chi connectivity index (χ1) is 15.9. The molecule has 33 heavy (non-hydrogen) atoms. The number of hydrogen-bond acceptors (Lipinski definition) is 5. The summed E-state index contributed by atoms with van der Waals surface area (Å²) in [7, 11) is 2.02. The van der Waals surface area contributed by atoms with E-state index in [1.54, 1.807) is 21.9 Å². The molecule has 2 aromatic carbocycles. The van der Waals surface area contributed by atoms with Crippen LogP contribution >= 0.6 is 0 Å². The largest absolute Gasteiger partial charge is 0.415 e. The Labute approximate surface area is 189 Å². The first kappa shape index (κ1) is 22.8. The number of alkyl halides is 2. The number of urea groups is 1. The first-order valence-electron chi connectivity index (χ1n) is 10.6. The molecule has 0 aliphatic carbocycles. The zero-order valence-corrected chi connectivity index (χ0v) is 18.1. The number of carbonyl (C=O) groups is 1. The summed E-state index contributed by atoms with van der Waals surface area (Å²) in [6.45, 7) is 2.89. The van der Waals surface area contributed by atoms with E-state index in [1.165, 1.54) is 12.1 Å². The molecule has 2 amide bonds. The van der Waals surface area contributed by atoms with Gasteiger partial charge >= 0.3 is 12.5 Å². The average Bonchev–Trinajstić information content (AvgIpc) is 3.21. The number of likely N-dealkylation sites (N-methyl/N-ethyl adjacent to an activating group) is 1. The van der Waals surface area contributed by atoms with E-state index < -0.39 is 18.1 Å². The highest BCUT2D eigenvalue weighted by molar-refractivity contribution is 5.92. The fourth-order valence-corrected chi connectivity index (χ4v) is 3.70. The van der Waals surface area contributed by atoms with Crippen molar-refractivity contribution in [1.82, 2.24) is 20.0 Å². The third-order valence-electron chi connectivity index (χ3n) is 5.54. The summed E-state index contributed by atoms with van der Waals surface area (Å²) in [6, 6.07) is 13.1. The molecule has 1 aliphatic heterocycles. The number of amides is 2. The Hall–Kier alpha value is -3.40. The van der Waals surface area contributed by atoms with Crippen molar-refractivity contribution in [3.8, 4) is 11.5 Å². The van der Waals surface area contributed by atoms with Gasteiger partial charge in [0.25, 0.3) is 5.89 Å². The zero-order chi connectivity index (χ0) is 23.4. The number of benzene rings is 2. The quantitative estimate of drug-likeness (QED) is 0.559. The van der Waals surface area contributed by atoms with Gasteiger partial charge in [-0.25, -0.2) is 9.18 Å². The van der Waals surface area contributed by atoms with Gasteiger partial charge in [-0.2, -0.15) is 8.78 Å². The average molecular weight is 459 g/mol. The van der Waals surface area contributed by atoms with E-state index in [0.29, 0.717) is 18.8 Å². The van der Waals surface area contributed by atoms with Gasteiger partial charge in [-0.3, -0.25) is 4.90 Å². The molecular weight excluding hydrogens is 435 g/mol. The molecule has 1 saturated heterocycles. The molecule has 0 N–H and O–H groups in total. The summed E-state index contributed by atoms with van der Waals surface area (Å²) in [5.74, 6) is -1.62. The SMILES string of the molecule is CN1CCCN(C(=O)N(Cc2ccc(-c3nnc(C(F)F)o3)cc2F)c2ccccc2)CC1. The summed E-state index contributed by atoms with van der Waals surface area (Å²) >= 11 is 0. The molecule has 0 saturated carbocycles. The molecule has 174 valence electrons. The Bertz CT molecular complexity index is 1090. The molecule has 10 heteroatoms. The van der Waals surface area contributed by atoms with Crippen LogP contribution in [0, 0.1) is 5.82 Å². The van der Waals surface area contributed by atoms with Gasteiger partial charge in [-0.1, -0.05) is 24.3 Å².